The van der Waals surface area contributed by atoms with Crippen molar-refractivity contribution >= 4 is 29.0 Å². The van der Waals surface area contributed by atoms with Gasteiger partial charge in [-0.2, -0.15) is 0 Å². The van der Waals surface area contributed by atoms with Gasteiger partial charge in [0.2, 0.25) is 0 Å². The van der Waals surface area contributed by atoms with E-state index >= 15 is 0 Å². The molecule has 0 radical (unpaired) electrons. The number of halogens is 2. The van der Waals surface area contributed by atoms with Crippen LogP contribution in [0.1, 0.15) is 97.0 Å². The molecule has 2 saturated carbocycles. The second-order valence-corrected chi connectivity index (χ2v) is 10.9. The predicted octanol–water partition coefficient (Wildman–Crippen LogP) is 5.40. The highest BCUT2D eigenvalue weighted by atomic mass is 32.1. The molecule has 3 heterocycles. The van der Waals surface area contributed by atoms with Crippen LogP contribution in [0.5, 0.6) is 0 Å². The highest BCUT2D eigenvalue weighted by Crippen LogP contribution is 2.39. The van der Waals surface area contributed by atoms with Crippen molar-refractivity contribution in [3.8, 4) is 10.4 Å². The fourth-order valence-corrected chi connectivity index (χ4v) is 6.11. The Balaban J connectivity index is 1.52. The lowest BCUT2D eigenvalue weighted by atomic mass is 9.93. The molecule has 7 nitrogen and oxygen atoms in total. The first-order valence-corrected chi connectivity index (χ1v) is 13.4. The van der Waals surface area contributed by atoms with Crippen LogP contribution < -0.4 is 10.6 Å². The molecule has 35 heavy (non-hydrogen) atoms. The number of nitrogens with one attached hydrogen (secondary N) is 2. The van der Waals surface area contributed by atoms with Gasteiger partial charge in [0.05, 0.1) is 4.88 Å². The zero-order valence-electron chi connectivity index (χ0n) is 19.9. The van der Waals surface area contributed by atoms with Crippen molar-refractivity contribution in [1.82, 2.24) is 20.2 Å². The summed E-state index contributed by atoms with van der Waals surface area (Å²) in [5.74, 6) is -0.276. The second-order valence-electron chi connectivity index (χ2n) is 9.87. The number of hydrogen-bond acceptors (Lipinski definition) is 6. The molecule has 0 aromatic carbocycles. The summed E-state index contributed by atoms with van der Waals surface area (Å²) in [6.45, 7) is 2.56. The third-order valence-corrected chi connectivity index (χ3v) is 8.49. The monoisotopic (exact) mass is 503 g/mol. The largest absolute Gasteiger partial charge is 0.367 e. The molecule has 2 aromatic rings. The number of alkyl halides is 2. The summed E-state index contributed by atoms with van der Waals surface area (Å²) in [5.41, 5.74) is 0.00805. The van der Waals surface area contributed by atoms with Gasteiger partial charge in [0.25, 0.3) is 18.2 Å². The molecule has 1 saturated heterocycles. The molecule has 5 rings (SSSR count). The number of thiazole rings is 1. The lowest BCUT2D eigenvalue weighted by Gasteiger charge is -2.25. The van der Waals surface area contributed by atoms with E-state index in [-0.39, 0.29) is 56.6 Å². The average molecular weight is 504 g/mol. The Morgan fingerprint density at radius 2 is 1.83 bits per heavy atom. The molecular formula is C25H31F2N5O2S. The van der Waals surface area contributed by atoms with Gasteiger partial charge < -0.3 is 15.5 Å². The maximum atomic E-state index is 14.2. The smallest absolute Gasteiger partial charge is 0.280 e. The minimum Gasteiger partial charge on any atom is -0.367 e. The quantitative estimate of drug-likeness (QED) is 0.528. The number of nitrogens with zero attached hydrogens (tertiary/aromatic N) is 3. The van der Waals surface area contributed by atoms with Crippen LogP contribution >= 0.6 is 11.3 Å². The lowest BCUT2D eigenvalue weighted by molar-refractivity contribution is 0.0743. The number of rotatable bonds is 7. The van der Waals surface area contributed by atoms with Gasteiger partial charge in [-0.1, -0.05) is 12.8 Å². The molecule has 0 spiro atoms. The topological polar surface area (TPSA) is 87.2 Å². The van der Waals surface area contributed by atoms with Gasteiger partial charge in [-0.25, -0.2) is 18.7 Å². The Morgan fingerprint density at radius 1 is 1.09 bits per heavy atom. The highest BCUT2D eigenvalue weighted by molar-refractivity contribution is 7.17. The van der Waals surface area contributed by atoms with Gasteiger partial charge >= 0.3 is 0 Å². The van der Waals surface area contributed by atoms with Crippen molar-refractivity contribution < 1.29 is 18.4 Å². The van der Waals surface area contributed by atoms with Crippen LogP contribution in [0.4, 0.5) is 14.6 Å². The SMILES string of the molecule is CC1CCCN1C(=O)c1nc(C(=O)NC2CCC2)sc1-c1cnc(NC2CCCC2)cc1C(F)F. The van der Waals surface area contributed by atoms with Crippen LogP contribution in [0.3, 0.4) is 0 Å². The molecule has 1 aliphatic heterocycles. The third kappa shape index (κ3) is 5.03. The second kappa shape index (κ2) is 10.2. The molecule has 2 aliphatic carbocycles. The molecule has 3 aliphatic rings. The Hall–Kier alpha value is -2.62. The molecule has 0 bridgehead atoms. The third-order valence-electron chi connectivity index (χ3n) is 7.40. The first kappa shape index (κ1) is 24.1. The van der Waals surface area contributed by atoms with Crippen molar-refractivity contribution in [1.29, 1.82) is 0 Å². The molecule has 188 valence electrons. The fourth-order valence-electron chi connectivity index (χ4n) is 5.11. The van der Waals surface area contributed by atoms with E-state index < -0.39 is 6.43 Å². The van der Waals surface area contributed by atoms with Crippen molar-refractivity contribution in [2.24, 2.45) is 0 Å². The maximum absolute atomic E-state index is 14.2. The number of pyridine rings is 1. The summed E-state index contributed by atoms with van der Waals surface area (Å²) in [7, 11) is 0. The van der Waals surface area contributed by atoms with E-state index in [2.05, 4.69) is 20.6 Å². The van der Waals surface area contributed by atoms with Gasteiger partial charge in [-0.3, -0.25) is 9.59 Å². The number of anilines is 1. The van der Waals surface area contributed by atoms with E-state index in [4.69, 9.17) is 0 Å². The summed E-state index contributed by atoms with van der Waals surface area (Å²) in [6, 6.07) is 1.75. The minimum atomic E-state index is -2.76. The van der Waals surface area contributed by atoms with Gasteiger partial charge in [-0.15, -0.1) is 11.3 Å². The summed E-state index contributed by atoms with van der Waals surface area (Å²) < 4.78 is 28.5. The first-order chi connectivity index (χ1) is 16.9. The molecule has 2 N–H and O–H groups in total. The Morgan fingerprint density at radius 3 is 2.46 bits per heavy atom. The molecule has 2 aromatic heterocycles. The van der Waals surface area contributed by atoms with Crippen molar-refractivity contribution in [3.63, 3.8) is 0 Å². The maximum Gasteiger partial charge on any atom is 0.280 e. The van der Waals surface area contributed by atoms with Gasteiger partial charge in [-0.05, 0) is 57.9 Å². The van der Waals surface area contributed by atoms with E-state index in [0.29, 0.717) is 12.4 Å². The van der Waals surface area contributed by atoms with Crippen molar-refractivity contribution in [3.05, 3.63) is 28.5 Å². The van der Waals surface area contributed by atoms with E-state index in [1.807, 2.05) is 6.92 Å². The summed E-state index contributed by atoms with van der Waals surface area (Å²) in [6.07, 6.45) is 7.50. The molecule has 2 amide bonds. The molecule has 1 atom stereocenters. The highest BCUT2D eigenvalue weighted by Gasteiger charge is 2.33. The van der Waals surface area contributed by atoms with Crippen LogP contribution in [-0.4, -0.2) is 51.4 Å². The van der Waals surface area contributed by atoms with Gasteiger partial charge in [0.1, 0.15) is 11.5 Å². The Bertz CT molecular complexity index is 1100. The normalized spacial score (nSPS) is 20.9. The van der Waals surface area contributed by atoms with Gasteiger partial charge in [0.15, 0.2) is 5.01 Å². The van der Waals surface area contributed by atoms with Crippen molar-refractivity contribution in [2.45, 2.75) is 89.3 Å². The van der Waals surface area contributed by atoms with E-state index in [1.54, 1.807) is 4.90 Å². The molecular weight excluding hydrogens is 472 g/mol. The summed E-state index contributed by atoms with van der Waals surface area (Å²) >= 11 is 0.992. The van der Waals surface area contributed by atoms with E-state index in [0.717, 1.165) is 69.1 Å². The summed E-state index contributed by atoms with van der Waals surface area (Å²) in [5, 5.41) is 6.32. The molecule has 10 heteroatoms. The number of aromatic nitrogens is 2. The van der Waals surface area contributed by atoms with Crippen LogP contribution in [0, 0.1) is 0 Å². The number of carbonyl (C=O) groups excluding carboxylic acids is 2. The van der Waals surface area contributed by atoms with E-state index in [1.165, 1.54) is 12.3 Å². The predicted molar refractivity (Wildman–Crippen MR) is 131 cm³/mol. The Labute approximate surface area is 207 Å². The first-order valence-electron chi connectivity index (χ1n) is 12.6. The van der Waals surface area contributed by atoms with E-state index in [9.17, 15) is 18.4 Å². The molecule has 3 fully saturated rings. The number of hydrogen-bond donors (Lipinski definition) is 2. The fraction of sp³-hybridized carbons (Fsp3) is 0.600. The average Bonchev–Trinajstić information content (AvgIpc) is 3.57. The zero-order valence-corrected chi connectivity index (χ0v) is 20.7. The van der Waals surface area contributed by atoms with Crippen LogP contribution in [0.15, 0.2) is 12.3 Å². The minimum absolute atomic E-state index is 0.0370. The summed E-state index contributed by atoms with van der Waals surface area (Å²) in [4.78, 5) is 37.1. The van der Waals surface area contributed by atoms with Crippen molar-refractivity contribution in [2.75, 3.05) is 11.9 Å². The number of likely N-dealkylation sites (tertiary alicyclic amines) is 1. The lowest BCUT2D eigenvalue weighted by Crippen LogP contribution is -2.39. The zero-order chi connectivity index (χ0) is 24.5. The van der Waals surface area contributed by atoms with Crippen LogP contribution in [0.25, 0.3) is 10.4 Å². The number of carbonyl (C=O) groups is 2. The Kier molecular flexibility index (Phi) is 7.00. The standard InChI is InChI=1S/C25H31F2N5O2S/c1-14-6-5-11-32(14)25(34)20-21(35-24(31-20)23(33)30-16-9-4-10-16)18-13-28-19(12-17(18)22(26)27)29-15-7-2-3-8-15/h12-16,22H,2-11H2,1H3,(H,28,29)(H,30,33). The number of amides is 2. The van der Waals surface area contributed by atoms with Crippen LogP contribution in [-0.2, 0) is 0 Å². The van der Waals surface area contributed by atoms with Gasteiger partial charge in [0, 0.05) is 42.0 Å². The molecule has 1 unspecified atom stereocenters. The van der Waals surface area contributed by atoms with Crippen LogP contribution in [0.2, 0.25) is 0 Å².